The van der Waals surface area contributed by atoms with E-state index in [4.69, 9.17) is 18.9 Å². The summed E-state index contributed by atoms with van der Waals surface area (Å²) in [6.45, 7) is 7.98. The average Bonchev–Trinajstić information content (AvgIpc) is 3.34. The van der Waals surface area contributed by atoms with Crippen molar-refractivity contribution < 1.29 is 28.5 Å². The standard InChI is InChI=1S/C24H35NO6/c1-23(2,3)31-21(26)24(4)15-25(22(27)29-6)14-18(24)16-11-12-19(28-5)20(13-16)30-17-9-7-8-10-17/h11-13,17-18H,7-10,14-15H2,1-6H3. The van der Waals surface area contributed by atoms with Gasteiger partial charge in [0, 0.05) is 19.0 Å². The van der Waals surface area contributed by atoms with Crippen LogP contribution in [-0.4, -0.2) is 56.0 Å². The van der Waals surface area contributed by atoms with E-state index in [-0.39, 0.29) is 24.5 Å². The van der Waals surface area contributed by atoms with Crippen molar-refractivity contribution in [2.45, 2.75) is 71.0 Å². The lowest BCUT2D eigenvalue weighted by Crippen LogP contribution is -2.41. The van der Waals surface area contributed by atoms with Crippen molar-refractivity contribution in [1.82, 2.24) is 4.90 Å². The summed E-state index contributed by atoms with van der Waals surface area (Å²) in [6, 6.07) is 5.76. The number of hydrogen-bond acceptors (Lipinski definition) is 6. The molecule has 2 unspecified atom stereocenters. The zero-order valence-electron chi connectivity index (χ0n) is 19.5. The Kier molecular flexibility index (Phi) is 6.72. The molecule has 1 amide bonds. The second-order valence-electron chi connectivity index (χ2n) is 9.76. The van der Waals surface area contributed by atoms with Gasteiger partial charge in [-0.15, -0.1) is 0 Å². The van der Waals surface area contributed by atoms with Gasteiger partial charge in [-0.25, -0.2) is 4.79 Å². The van der Waals surface area contributed by atoms with Crippen molar-refractivity contribution >= 4 is 12.1 Å². The van der Waals surface area contributed by atoms with Crippen LogP contribution in [0.1, 0.15) is 64.9 Å². The first-order valence-corrected chi connectivity index (χ1v) is 11.0. The van der Waals surface area contributed by atoms with Crippen LogP contribution >= 0.6 is 0 Å². The van der Waals surface area contributed by atoms with Crippen molar-refractivity contribution in [3.05, 3.63) is 23.8 Å². The summed E-state index contributed by atoms with van der Waals surface area (Å²) in [4.78, 5) is 27.1. The molecule has 2 atom stereocenters. The number of carbonyl (C=O) groups is 2. The Morgan fingerprint density at radius 3 is 2.35 bits per heavy atom. The van der Waals surface area contributed by atoms with Gasteiger partial charge in [0.05, 0.1) is 25.7 Å². The fraction of sp³-hybridized carbons (Fsp3) is 0.667. The molecule has 7 heteroatoms. The number of nitrogens with zero attached hydrogens (tertiary/aromatic N) is 1. The molecule has 2 fully saturated rings. The number of amides is 1. The lowest BCUT2D eigenvalue weighted by molar-refractivity contribution is -0.166. The molecule has 2 aliphatic rings. The first kappa shape index (κ1) is 23.2. The number of rotatable bonds is 5. The smallest absolute Gasteiger partial charge is 0.409 e. The summed E-state index contributed by atoms with van der Waals surface area (Å²) >= 11 is 0. The molecule has 0 N–H and O–H groups in total. The molecule has 0 radical (unpaired) electrons. The molecular formula is C24H35NO6. The van der Waals surface area contributed by atoms with E-state index in [1.165, 1.54) is 20.0 Å². The summed E-state index contributed by atoms with van der Waals surface area (Å²) in [5, 5.41) is 0. The molecule has 1 aromatic carbocycles. The van der Waals surface area contributed by atoms with Crippen LogP contribution in [0.4, 0.5) is 4.79 Å². The van der Waals surface area contributed by atoms with Gasteiger partial charge in [-0.2, -0.15) is 0 Å². The summed E-state index contributed by atoms with van der Waals surface area (Å²) in [5.41, 5.74) is -0.630. The minimum atomic E-state index is -0.916. The number of methoxy groups -OCH3 is 2. The van der Waals surface area contributed by atoms with Crippen LogP contribution in [0.25, 0.3) is 0 Å². The van der Waals surface area contributed by atoms with Crippen molar-refractivity contribution in [2.75, 3.05) is 27.3 Å². The highest BCUT2D eigenvalue weighted by molar-refractivity contribution is 5.81. The Hall–Kier alpha value is -2.44. The molecule has 3 rings (SSSR count). The van der Waals surface area contributed by atoms with Crippen LogP contribution in [-0.2, 0) is 14.3 Å². The second kappa shape index (κ2) is 8.97. The van der Waals surface area contributed by atoms with E-state index in [1.807, 2.05) is 45.9 Å². The highest BCUT2D eigenvalue weighted by atomic mass is 16.6. The number of benzene rings is 1. The van der Waals surface area contributed by atoms with E-state index in [0.717, 1.165) is 18.4 Å². The normalized spacial score (nSPS) is 24.2. The fourth-order valence-corrected chi connectivity index (χ4v) is 4.52. The average molecular weight is 434 g/mol. The third kappa shape index (κ3) is 5.08. The van der Waals surface area contributed by atoms with Gasteiger partial charge in [0.15, 0.2) is 11.5 Å². The molecule has 1 aromatic rings. The van der Waals surface area contributed by atoms with E-state index in [0.29, 0.717) is 18.0 Å². The molecular weight excluding hydrogens is 398 g/mol. The lowest BCUT2D eigenvalue weighted by atomic mass is 9.76. The quantitative estimate of drug-likeness (QED) is 0.635. The summed E-state index contributed by atoms with van der Waals surface area (Å²) in [6.07, 6.45) is 4.12. The predicted octanol–water partition coefficient (Wildman–Crippen LogP) is 4.53. The molecule has 1 aliphatic heterocycles. The monoisotopic (exact) mass is 433 g/mol. The Morgan fingerprint density at radius 1 is 1.10 bits per heavy atom. The predicted molar refractivity (Wildman–Crippen MR) is 117 cm³/mol. The van der Waals surface area contributed by atoms with Crippen LogP contribution in [0.5, 0.6) is 11.5 Å². The third-order valence-electron chi connectivity index (χ3n) is 6.18. The first-order chi connectivity index (χ1) is 14.6. The van der Waals surface area contributed by atoms with Crippen molar-refractivity contribution in [3.8, 4) is 11.5 Å². The lowest BCUT2D eigenvalue weighted by Gasteiger charge is -2.32. The van der Waals surface area contributed by atoms with E-state index >= 15 is 0 Å². The Bertz CT molecular complexity index is 811. The van der Waals surface area contributed by atoms with Gasteiger partial charge in [-0.1, -0.05) is 6.07 Å². The minimum Gasteiger partial charge on any atom is -0.493 e. The molecule has 0 spiro atoms. The van der Waals surface area contributed by atoms with Crippen LogP contribution in [0, 0.1) is 5.41 Å². The van der Waals surface area contributed by atoms with Gasteiger partial charge >= 0.3 is 12.1 Å². The highest BCUT2D eigenvalue weighted by Gasteiger charge is 2.52. The fourth-order valence-electron chi connectivity index (χ4n) is 4.52. The number of esters is 1. The zero-order chi connectivity index (χ0) is 22.8. The zero-order valence-corrected chi connectivity index (χ0v) is 19.5. The third-order valence-corrected chi connectivity index (χ3v) is 6.18. The van der Waals surface area contributed by atoms with Crippen LogP contribution < -0.4 is 9.47 Å². The van der Waals surface area contributed by atoms with Crippen LogP contribution in [0.15, 0.2) is 18.2 Å². The number of carbonyl (C=O) groups excluding carboxylic acids is 2. The first-order valence-electron chi connectivity index (χ1n) is 11.0. The number of hydrogen-bond donors (Lipinski definition) is 0. The van der Waals surface area contributed by atoms with Gasteiger partial charge in [-0.3, -0.25) is 4.79 Å². The molecule has 172 valence electrons. The summed E-state index contributed by atoms with van der Waals surface area (Å²) in [5.74, 6) is 0.746. The highest BCUT2D eigenvalue weighted by Crippen LogP contribution is 2.46. The van der Waals surface area contributed by atoms with E-state index in [9.17, 15) is 9.59 Å². The minimum absolute atomic E-state index is 0.177. The van der Waals surface area contributed by atoms with Gasteiger partial charge in [0.2, 0.25) is 0 Å². The second-order valence-corrected chi connectivity index (χ2v) is 9.76. The summed E-state index contributed by atoms with van der Waals surface area (Å²) < 4.78 is 22.4. The van der Waals surface area contributed by atoms with Gasteiger partial charge in [-0.05, 0) is 71.1 Å². The molecule has 1 heterocycles. The SMILES string of the molecule is COC(=O)N1CC(c2ccc(OC)c(OC3CCCC3)c2)C(C)(C(=O)OC(C)(C)C)C1. The Labute approximate surface area is 185 Å². The van der Waals surface area contributed by atoms with E-state index in [2.05, 4.69) is 0 Å². The number of likely N-dealkylation sites (tertiary alicyclic amines) is 1. The molecule has 1 aliphatic carbocycles. The maximum Gasteiger partial charge on any atom is 0.409 e. The van der Waals surface area contributed by atoms with Gasteiger partial charge in [0.1, 0.15) is 5.60 Å². The van der Waals surface area contributed by atoms with Crippen LogP contribution in [0.3, 0.4) is 0 Å². The Morgan fingerprint density at radius 2 is 1.77 bits per heavy atom. The van der Waals surface area contributed by atoms with Crippen molar-refractivity contribution in [1.29, 1.82) is 0 Å². The molecule has 31 heavy (non-hydrogen) atoms. The van der Waals surface area contributed by atoms with Crippen molar-refractivity contribution in [2.24, 2.45) is 5.41 Å². The molecule has 0 bridgehead atoms. The van der Waals surface area contributed by atoms with Gasteiger partial charge < -0.3 is 23.8 Å². The van der Waals surface area contributed by atoms with Gasteiger partial charge in [0.25, 0.3) is 0 Å². The van der Waals surface area contributed by atoms with E-state index in [1.54, 1.807) is 12.0 Å². The topological polar surface area (TPSA) is 74.3 Å². The molecule has 0 aromatic heterocycles. The maximum absolute atomic E-state index is 13.3. The molecule has 1 saturated heterocycles. The number of ether oxygens (including phenoxy) is 4. The summed E-state index contributed by atoms with van der Waals surface area (Å²) in [7, 11) is 2.97. The molecule has 7 nitrogen and oxygen atoms in total. The van der Waals surface area contributed by atoms with Crippen molar-refractivity contribution in [3.63, 3.8) is 0 Å². The maximum atomic E-state index is 13.3. The van der Waals surface area contributed by atoms with Crippen LogP contribution in [0.2, 0.25) is 0 Å². The largest absolute Gasteiger partial charge is 0.493 e. The Balaban J connectivity index is 1.96. The molecule has 1 saturated carbocycles. The van der Waals surface area contributed by atoms with E-state index < -0.39 is 17.1 Å².